The first-order chi connectivity index (χ1) is 10.0. The first kappa shape index (κ1) is 17.5. The second-order valence-corrected chi connectivity index (χ2v) is 5.66. The summed E-state index contributed by atoms with van der Waals surface area (Å²) in [6, 6.07) is 9.40. The van der Waals surface area contributed by atoms with Crippen molar-refractivity contribution in [2.24, 2.45) is 5.92 Å². The number of ether oxygens (including phenoxy) is 1. The highest BCUT2D eigenvalue weighted by atomic mass is 16.5. The number of nitrogens with zero attached hydrogens (tertiary/aromatic N) is 1. The van der Waals surface area contributed by atoms with Crippen molar-refractivity contribution >= 4 is 0 Å². The van der Waals surface area contributed by atoms with Crippen LogP contribution in [0.5, 0.6) is 5.75 Å². The predicted octanol–water partition coefficient (Wildman–Crippen LogP) is 2.71. The van der Waals surface area contributed by atoms with E-state index in [0.717, 1.165) is 6.42 Å². The molecule has 0 spiro atoms. The van der Waals surface area contributed by atoms with E-state index in [0.29, 0.717) is 29.8 Å². The normalized spacial score (nSPS) is 15.0. The summed E-state index contributed by atoms with van der Waals surface area (Å²) in [5, 5.41) is 22.1. The van der Waals surface area contributed by atoms with E-state index in [1.165, 1.54) is 6.42 Å². The molecular weight excluding hydrogens is 264 g/mol. The molecule has 0 heterocycles. The summed E-state index contributed by atoms with van der Waals surface area (Å²) >= 11 is 0. The maximum atomic E-state index is 9.92. The van der Waals surface area contributed by atoms with Crippen molar-refractivity contribution in [1.29, 1.82) is 5.26 Å². The van der Waals surface area contributed by atoms with Gasteiger partial charge in [-0.05, 0) is 37.5 Å². The third-order valence-corrected chi connectivity index (χ3v) is 3.56. The Labute approximate surface area is 127 Å². The van der Waals surface area contributed by atoms with Gasteiger partial charge in [-0.3, -0.25) is 0 Å². The molecule has 21 heavy (non-hydrogen) atoms. The number of aliphatic hydroxyl groups excluding tert-OH is 1. The largest absolute Gasteiger partial charge is 0.491 e. The maximum absolute atomic E-state index is 9.92. The zero-order valence-electron chi connectivity index (χ0n) is 13.2. The van der Waals surface area contributed by atoms with Crippen LogP contribution in [-0.2, 0) is 0 Å². The van der Waals surface area contributed by atoms with E-state index >= 15 is 0 Å². The second-order valence-electron chi connectivity index (χ2n) is 5.66. The van der Waals surface area contributed by atoms with E-state index in [9.17, 15) is 5.11 Å². The molecule has 116 valence electrons. The van der Waals surface area contributed by atoms with E-state index in [-0.39, 0.29) is 6.61 Å². The van der Waals surface area contributed by atoms with Crippen LogP contribution in [0.1, 0.15) is 39.2 Å². The number of aliphatic hydroxyl groups is 1. The zero-order valence-corrected chi connectivity index (χ0v) is 13.2. The fourth-order valence-corrected chi connectivity index (χ4v) is 2.10. The van der Waals surface area contributed by atoms with Gasteiger partial charge >= 0.3 is 0 Å². The highest BCUT2D eigenvalue weighted by Crippen LogP contribution is 2.13. The van der Waals surface area contributed by atoms with Crippen LogP contribution in [0, 0.1) is 17.2 Å². The van der Waals surface area contributed by atoms with Gasteiger partial charge in [0.25, 0.3) is 0 Å². The van der Waals surface area contributed by atoms with Crippen LogP contribution in [0.25, 0.3) is 0 Å². The standard InChI is InChI=1S/C17H26N2O2/c1-4-13(2)8-14(3)19-11-16(20)12-21-17-7-5-6-15(9-17)10-18/h5-7,9,13-14,16,19-20H,4,8,11-12H2,1-3H3. The molecular formula is C17H26N2O2. The van der Waals surface area contributed by atoms with Crippen molar-refractivity contribution in [3.8, 4) is 11.8 Å². The summed E-state index contributed by atoms with van der Waals surface area (Å²) in [5.41, 5.74) is 0.558. The number of rotatable bonds is 9. The topological polar surface area (TPSA) is 65.3 Å². The number of nitriles is 1. The molecule has 0 saturated heterocycles. The lowest BCUT2D eigenvalue weighted by molar-refractivity contribution is 0.103. The average Bonchev–Trinajstić information content (AvgIpc) is 2.50. The Bertz CT molecular complexity index is 456. The van der Waals surface area contributed by atoms with Crippen molar-refractivity contribution in [3.05, 3.63) is 29.8 Å². The number of nitrogens with one attached hydrogen (secondary N) is 1. The van der Waals surface area contributed by atoms with Crippen molar-refractivity contribution in [2.45, 2.75) is 45.8 Å². The summed E-state index contributed by atoms with van der Waals surface area (Å²) in [5.74, 6) is 1.30. The highest BCUT2D eigenvalue weighted by molar-refractivity contribution is 5.36. The molecule has 0 fully saturated rings. The first-order valence-electron chi connectivity index (χ1n) is 7.59. The quantitative estimate of drug-likeness (QED) is 0.734. The van der Waals surface area contributed by atoms with Crippen molar-refractivity contribution in [1.82, 2.24) is 5.32 Å². The van der Waals surface area contributed by atoms with Crippen LogP contribution in [0.4, 0.5) is 0 Å². The SMILES string of the molecule is CCC(C)CC(C)NCC(O)COc1cccc(C#N)c1. The van der Waals surface area contributed by atoms with Gasteiger partial charge < -0.3 is 15.2 Å². The van der Waals surface area contributed by atoms with Crippen LogP contribution in [0.2, 0.25) is 0 Å². The van der Waals surface area contributed by atoms with E-state index in [1.54, 1.807) is 24.3 Å². The van der Waals surface area contributed by atoms with Gasteiger partial charge in [-0.2, -0.15) is 5.26 Å². The third kappa shape index (κ3) is 7.12. The molecule has 4 nitrogen and oxygen atoms in total. The second kappa shape index (κ2) is 9.38. The molecule has 0 amide bonds. The van der Waals surface area contributed by atoms with Gasteiger partial charge in [0.15, 0.2) is 0 Å². The van der Waals surface area contributed by atoms with E-state index in [2.05, 4.69) is 32.2 Å². The van der Waals surface area contributed by atoms with Crippen molar-refractivity contribution < 1.29 is 9.84 Å². The lowest BCUT2D eigenvalue weighted by atomic mass is 10.0. The van der Waals surface area contributed by atoms with E-state index < -0.39 is 6.10 Å². The molecule has 4 heteroatoms. The van der Waals surface area contributed by atoms with Gasteiger partial charge in [-0.15, -0.1) is 0 Å². The lowest BCUT2D eigenvalue weighted by Crippen LogP contribution is -2.37. The minimum absolute atomic E-state index is 0.220. The highest BCUT2D eigenvalue weighted by Gasteiger charge is 2.10. The summed E-state index contributed by atoms with van der Waals surface area (Å²) in [6.45, 7) is 7.29. The third-order valence-electron chi connectivity index (χ3n) is 3.56. The summed E-state index contributed by atoms with van der Waals surface area (Å²) < 4.78 is 5.50. The Kier molecular flexibility index (Phi) is 7.81. The Balaban J connectivity index is 2.27. The van der Waals surface area contributed by atoms with Crippen LogP contribution < -0.4 is 10.1 Å². The van der Waals surface area contributed by atoms with E-state index in [4.69, 9.17) is 10.00 Å². The zero-order chi connectivity index (χ0) is 15.7. The molecule has 3 atom stereocenters. The summed E-state index contributed by atoms with van der Waals surface area (Å²) in [4.78, 5) is 0. The number of benzene rings is 1. The van der Waals surface area contributed by atoms with Gasteiger partial charge in [-0.25, -0.2) is 0 Å². The Hall–Kier alpha value is -1.57. The molecule has 0 saturated carbocycles. The van der Waals surface area contributed by atoms with Crippen molar-refractivity contribution in [3.63, 3.8) is 0 Å². The number of hydrogen-bond donors (Lipinski definition) is 2. The predicted molar refractivity (Wildman–Crippen MR) is 84.2 cm³/mol. The Morgan fingerprint density at radius 1 is 1.38 bits per heavy atom. The molecule has 1 aromatic rings. The van der Waals surface area contributed by atoms with Crippen LogP contribution >= 0.6 is 0 Å². The Morgan fingerprint density at radius 2 is 2.14 bits per heavy atom. The molecule has 0 aliphatic rings. The molecule has 1 rings (SSSR count). The minimum atomic E-state index is -0.560. The van der Waals surface area contributed by atoms with Crippen LogP contribution in [0.15, 0.2) is 24.3 Å². The fraction of sp³-hybridized carbons (Fsp3) is 0.588. The summed E-state index contributed by atoms with van der Waals surface area (Å²) in [6.07, 6.45) is 1.72. The first-order valence-corrected chi connectivity index (χ1v) is 7.59. The van der Waals surface area contributed by atoms with Gasteiger partial charge in [-0.1, -0.05) is 26.3 Å². The molecule has 1 aromatic carbocycles. The molecule has 2 N–H and O–H groups in total. The monoisotopic (exact) mass is 290 g/mol. The molecule has 0 radical (unpaired) electrons. The number of hydrogen-bond acceptors (Lipinski definition) is 4. The van der Waals surface area contributed by atoms with Gasteiger partial charge in [0.1, 0.15) is 18.5 Å². The molecule has 3 unspecified atom stereocenters. The molecule has 0 aromatic heterocycles. The molecule has 0 aliphatic heterocycles. The molecule has 0 aliphatic carbocycles. The van der Waals surface area contributed by atoms with Gasteiger partial charge in [0.05, 0.1) is 11.6 Å². The van der Waals surface area contributed by atoms with E-state index in [1.807, 2.05) is 0 Å². The smallest absolute Gasteiger partial charge is 0.120 e. The fourth-order valence-electron chi connectivity index (χ4n) is 2.10. The van der Waals surface area contributed by atoms with Crippen molar-refractivity contribution in [2.75, 3.05) is 13.2 Å². The molecule has 0 bridgehead atoms. The van der Waals surface area contributed by atoms with Gasteiger partial charge in [0.2, 0.25) is 0 Å². The van der Waals surface area contributed by atoms with Gasteiger partial charge in [0, 0.05) is 12.6 Å². The average molecular weight is 290 g/mol. The van der Waals surface area contributed by atoms with Crippen LogP contribution in [-0.4, -0.2) is 30.4 Å². The summed E-state index contributed by atoms with van der Waals surface area (Å²) in [7, 11) is 0. The lowest BCUT2D eigenvalue weighted by Gasteiger charge is -2.20. The van der Waals surface area contributed by atoms with Crippen LogP contribution in [0.3, 0.4) is 0 Å². The maximum Gasteiger partial charge on any atom is 0.120 e. The Morgan fingerprint density at radius 3 is 2.81 bits per heavy atom. The minimum Gasteiger partial charge on any atom is -0.491 e.